The van der Waals surface area contributed by atoms with Gasteiger partial charge in [0.15, 0.2) is 0 Å². The Hall–Kier alpha value is -0.0400. The molecule has 1 heteroatoms. The number of nitrogens with one attached hydrogen (secondary N) is 1. The molecule has 0 saturated heterocycles. The van der Waals surface area contributed by atoms with Crippen LogP contribution in [-0.4, -0.2) is 13.6 Å². The highest BCUT2D eigenvalue weighted by Crippen LogP contribution is 2.07. The number of hydrogen-bond donors (Lipinski definition) is 1. The van der Waals surface area contributed by atoms with Gasteiger partial charge in [0, 0.05) is 12.5 Å². The van der Waals surface area contributed by atoms with Crippen molar-refractivity contribution in [2.45, 2.75) is 20.8 Å². The highest BCUT2D eigenvalue weighted by atomic mass is 15.1. The lowest BCUT2D eigenvalue weighted by molar-refractivity contribution is -0.838. The van der Waals surface area contributed by atoms with E-state index in [1.54, 1.807) is 0 Å². The smallest absolute Gasteiger partial charge is 0.0577 e. The van der Waals surface area contributed by atoms with Crippen LogP contribution in [0.5, 0.6) is 0 Å². The summed E-state index contributed by atoms with van der Waals surface area (Å²) in [5.74, 6) is 0. The number of rotatable bonds is 1. The maximum absolute atomic E-state index is 3.84. The van der Waals surface area contributed by atoms with E-state index in [1.165, 1.54) is 4.90 Å². The molecule has 0 aromatic carbocycles. The topological polar surface area (TPSA) is 4.44 Å². The predicted octanol–water partition coefficient (Wildman–Crippen LogP) is 0.339. The summed E-state index contributed by atoms with van der Waals surface area (Å²) in [7, 11) is 5.92. The van der Waals surface area contributed by atoms with Crippen molar-refractivity contribution in [3.8, 4) is 0 Å². The Labute approximate surface area is 52.7 Å². The zero-order valence-electron chi connectivity index (χ0n) is 6.41. The molecule has 0 saturated carbocycles. The molecule has 1 atom stereocenters. The predicted molar refractivity (Wildman–Crippen MR) is 36.6 cm³/mol. The van der Waals surface area contributed by atoms with Crippen molar-refractivity contribution >= 4 is 0 Å². The lowest BCUT2D eigenvalue weighted by Gasteiger charge is -2.24. The van der Waals surface area contributed by atoms with E-state index in [0.717, 1.165) is 6.54 Å². The van der Waals surface area contributed by atoms with Crippen molar-refractivity contribution in [3.63, 3.8) is 0 Å². The number of quaternary nitrogens is 1. The maximum Gasteiger partial charge on any atom is 0.0577 e. The molecule has 0 spiro atoms. The lowest BCUT2D eigenvalue weighted by Crippen LogP contribution is -3.04. The molecular weight excluding hydrogens is 98.1 g/mol. The van der Waals surface area contributed by atoms with Crippen molar-refractivity contribution in [3.05, 3.63) is 7.05 Å². The minimum atomic E-state index is 0.422. The Bertz CT molecular complexity index is 59.3. The second-order valence-corrected chi connectivity index (χ2v) is 3.69. The lowest BCUT2D eigenvalue weighted by atomic mass is 9.97. The van der Waals surface area contributed by atoms with Gasteiger partial charge in [0.2, 0.25) is 0 Å². The third-order valence-electron chi connectivity index (χ3n) is 0.832. The molecule has 0 rings (SSSR count). The van der Waals surface area contributed by atoms with Gasteiger partial charge in [0.05, 0.1) is 6.54 Å². The molecule has 1 unspecified atom stereocenters. The molecule has 0 aliphatic carbocycles. The molecule has 0 aromatic heterocycles. The van der Waals surface area contributed by atoms with Gasteiger partial charge < -0.3 is 4.90 Å². The summed E-state index contributed by atoms with van der Waals surface area (Å²) in [5, 5.41) is 0. The highest BCUT2D eigenvalue weighted by molar-refractivity contribution is 4.56. The van der Waals surface area contributed by atoms with Crippen LogP contribution >= 0.6 is 0 Å². The van der Waals surface area contributed by atoms with Gasteiger partial charge in [-0.05, 0) is 0 Å². The molecule has 0 aliphatic rings. The van der Waals surface area contributed by atoms with E-state index in [2.05, 4.69) is 34.9 Å². The quantitative estimate of drug-likeness (QED) is 0.470. The standard InChI is InChI=1S/C7H17N/c1-7(2,3)6-8(4)5/h8H,4,6H2,1-3,5H3. The van der Waals surface area contributed by atoms with Crippen LogP contribution in [0.4, 0.5) is 0 Å². The largest absolute Gasteiger partial charge is 0.470 e. The Balaban J connectivity index is 3.39. The first kappa shape index (κ1) is 7.96. The first-order valence-corrected chi connectivity index (χ1v) is 3.06. The molecule has 0 fully saturated rings. The molecule has 0 bridgehead atoms. The minimum Gasteiger partial charge on any atom is -0.470 e. The van der Waals surface area contributed by atoms with Crippen LogP contribution in [0.3, 0.4) is 0 Å². The average Bonchev–Trinajstić information content (AvgIpc) is 1.21. The Morgan fingerprint density at radius 3 is 1.75 bits per heavy atom. The molecule has 1 N–H and O–H groups in total. The van der Waals surface area contributed by atoms with Crippen molar-refractivity contribution in [1.29, 1.82) is 0 Å². The van der Waals surface area contributed by atoms with Gasteiger partial charge in [-0.15, -0.1) is 0 Å². The molecule has 0 amide bonds. The maximum atomic E-state index is 3.84. The summed E-state index contributed by atoms with van der Waals surface area (Å²) in [5.41, 5.74) is 0.422. The van der Waals surface area contributed by atoms with E-state index in [1.807, 2.05) is 0 Å². The molecule has 0 aliphatic heterocycles. The molecule has 50 valence electrons. The zero-order valence-corrected chi connectivity index (χ0v) is 6.41. The van der Waals surface area contributed by atoms with Gasteiger partial charge >= 0.3 is 0 Å². The first-order chi connectivity index (χ1) is 3.42. The van der Waals surface area contributed by atoms with Gasteiger partial charge in [-0.2, -0.15) is 7.05 Å². The van der Waals surface area contributed by atoms with Crippen molar-refractivity contribution in [1.82, 2.24) is 0 Å². The Morgan fingerprint density at radius 2 is 1.75 bits per heavy atom. The minimum absolute atomic E-state index is 0.422. The van der Waals surface area contributed by atoms with Crippen LogP contribution < -0.4 is 4.90 Å². The van der Waals surface area contributed by atoms with E-state index >= 15 is 0 Å². The fourth-order valence-electron chi connectivity index (χ4n) is 0.905. The van der Waals surface area contributed by atoms with Crippen molar-refractivity contribution < 1.29 is 4.90 Å². The van der Waals surface area contributed by atoms with E-state index in [9.17, 15) is 0 Å². The van der Waals surface area contributed by atoms with Gasteiger partial charge in [-0.25, -0.2) is 0 Å². The highest BCUT2D eigenvalue weighted by Gasteiger charge is 2.10. The van der Waals surface area contributed by atoms with Crippen LogP contribution in [-0.2, 0) is 0 Å². The van der Waals surface area contributed by atoms with Crippen LogP contribution in [0.1, 0.15) is 20.8 Å². The summed E-state index contributed by atoms with van der Waals surface area (Å²) in [6, 6.07) is 0. The van der Waals surface area contributed by atoms with Gasteiger partial charge in [0.1, 0.15) is 0 Å². The first-order valence-electron chi connectivity index (χ1n) is 3.06. The Kier molecular flexibility index (Phi) is 2.48. The second-order valence-electron chi connectivity index (χ2n) is 3.69. The van der Waals surface area contributed by atoms with Crippen LogP contribution in [0, 0.1) is 12.5 Å². The van der Waals surface area contributed by atoms with Crippen LogP contribution in [0.15, 0.2) is 0 Å². The summed E-state index contributed by atoms with van der Waals surface area (Å²) in [4.78, 5) is 1.28. The van der Waals surface area contributed by atoms with Crippen molar-refractivity contribution in [2.75, 3.05) is 13.6 Å². The SMILES string of the molecule is [CH2-][NH+](C)CC(C)(C)C. The summed E-state index contributed by atoms with van der Waals surface area (Å²) < 4.78 is 0. The zero-order chi connectivity index (χ0) is 6.78. The summed E-state index contributed by atoms with van der Waals surface area (Å²) >= 11 is 0. The molecular formula is C7H17N. The molecule has 8 heavy (non-hydrogen) atoms. The monoisotopic (exact) mass is 115 g/mol. The third-order valence-corrected chi connectivity index (χ3v) is 0.832. The van der Waals surface area contributed by atoms with Gasteiger partial charge in [-0.3, -0.25) is 0 Å². The van der Waals surface area contributed by atoms with E-state index in [0.29, 0.717) is 5.41 Å². The normalized spacial score (nSPS) is 16.1. The molecule has 0 aromatic rings. The third kappa shape index (κ3) is 5.96. The van der Waals surface area contributed by atoms with Crippen LogP contribution in [0.25, 0.3) is 0 Å². The Morgan fingerprint density at radius 1 is 1.38 bits per heavy atom. The van der Waals surface area contributed by atoms with Crippen molar-refractivity contribution in [2.24, 2.45) is 5.41 Å². The van der Waals surface area contributed by atoms with E-state index in [-0.39, 0.29) is 0 Å². The molecule has 1 nitrogen and oxygen atoms in total. The van der Waals surface area contributed by atoms with Gasteiger partial charge in [0.25, 0.3) is 0 Å². The van der Waals surface area contributed by atoms with E-state index in [4.69, 9.17) is 0 Å². The average molecular weight is 115 g/mol. The molecule has 0 heterocycles. The van der Waals surface area contributed by atoms with E-state index < -0.39 is 0 Å². The fraction of sp³-hybridized carbons (Fsp3) is 0.857. The summed E-state index contributed by atoms with van der Waals surface area (Å²) in [6.07, 6.45) is 0. The van der Waals surface area contributed by atoms with Crippen LogP contribution in [0.2, 0.25) is 0 Å². The fourth-order valence-corrected chi connectivity index (χ4v) is 0.905. The second kappa shape index (κ2) is 2.49. The van der Waals surface area contributed by atoms with Gasteiger partial charge in [-0.1, -0.05) is 20.8 Å². The molecule has 0 radical (unpaired) electrons. The summed E-state index contributed by atoms with van der Waals surface area (Å²) in [6.45, 7) is 7.80. The number of hydrogen-bond acceptors (Lipinski definition) is 0.